The van der Waals surface area contributed by atoms with E-state index in [1.54, 1.807) is 28.6 Å². The van der Waals surface area contributed by atoms with Crippen molar-refractivity contribution >= 4 is 11.8 Å². The average Bonchev–Trinajstić information content (AvgIpc) is 2.83. The number of hydrogen-bond donors (Lipinski definition) is 1. The lowest BCUT2D eigenvalue weighted by Crippen LogP contribution is -2.16. The Balaban J connectivity index is 2.00. The smallest absolute Gasteiger partial charge is 0.209 e. The van der Waals surface area contributed by atoms with Crippen molar-refractivity contribution in [3.05, 3.63) is 35.1 Å². The van der Waals surface area contributed by atoms with Crippen molar-refractivity contribution in [3.8, 4) is 0 Å². The molecule has 7 heteroatoms. The summed E-state index contributed by atoms with van der Waals surface area (Å²) in [4.78, 5) is 0. The molecular formula is C12H16FN5S. The quantitative estimate of drug-likeness (QED) is 0.816. The predicted octanol–water partition coefficient (Wildman–Crippen LogP) is 1.63. The molecule has 0 spiro atoms. The van der Waals surface area contributed by atoms with Gasteiger partial charge in [0.2, 0.25) is 5.16 Å². The van der Waals surface area contributed by atoms with Crippen molar-refractivity contribution in [1.29, 1.82) is 0 Å². The van der Waals surface area contributed by atoms with E-state index in [9.17, 15) is 4.39 Å². The second-order valence-electron chi connectivity index (χ2n) is 4.15. The van der Waals surface area contributed by atoms with E-state index in [1.807, 2.05) is 14.0 Å². The molecule has 0 aliphatic carbocycles. The highest BCUT2D eigenvalue weighted by Gasteiger charge is 2.08. The minimum Gasteiger partial charge on any atom is -0.318 e. The molecule has 2 aromatic rings. The molecule has 0 amide bonds. The second-order valence-corrected chi connectivity index (χ2v) is 5.09. The lowest BCUT2D eigenvalue weighted by atomic mass is 10.1. The molecule has 0 saturated heterocycles. The number of nitrogens with zero attached hydrogens (tertiary/aromatic N) is 4. The summed E-state index contributed by atoms with van der Waals surface area (Å²) in [6.45, 7) is 3.45. The molecule has 0 saturated carbocycles. The van der Waals surface area contributed by atoms with Crippen LogP contribution >= 0.6 is 11.8 Å². The van der Waals surface area contributed by atoms with Gasteiger partial charge in [0, 0.05) is 12.3 Å². The van der Waals surface area contributed by atoms with Gasteiger partial charge in [0.05, 0.1) is 6.54 Å². The molecule has 0 bridgehead atoms. The van der Waals surface area contributed by atoms with E-state index in [-0.39, 0.29) is 5.82 Å². The van der Waals surface area contributed by atoms with Crippen LogP contribution in [-0.4, -0.2) is 33.8 Å². The summed E-state index contributed by atoms with van der Waals surface area (Å²) in [6, 6.07) is 4.83. The van der Waals surface area contributed by atoms with E-state index in [2.05, 4.69) is 20.8 Å². The summed E-state index contributed by atoms with van der Waals surface area (Å²) in [5.41, 5.74) is 2.04. The molecule has 0 radical (unpaired) electrons. The molecule has 0 atom stereocenters. The van der Waals surface area contributed by atoms with Gasteiger partial charge in [-0.15, -0.1) is 5.10 Å². The summed E-state index contributed by atoms with van der Waals surface area (Å²) in [5, 5.41) is 15.4. The third-order valence-corrected chi connectivity index (χ3v) is 3.74. The molecule has 19 heavy (non-hydrogen) atoms. The zero-order chi connectivity index (χ0) is 13.7. The zero-order valence-electron chi connectivity index (χ0n) is 10.9. The van der Waals surface area contributed by atoms with E-state index in [1.165, 1.54) is 6.07 Å². The fourth-order valence-corrected chi connectivity index (χ4v) is 2.60. The molecule has 5 nitrogen and oxygen atoms in total. The summed E-state index contributed by atoms with van der Waals surface area (Å²) >= 11 is 1.55. The van der Waals surface area contributed by atoms with Crippen LogP contribution in [0.3, 0.4) is 0 Å². The minimum atomic E-state index is -0.204. The summed E-state index contributed by atoms with van der Waals surface area (Å²) in [5.74, 6) is 0.525. The number of aromatic nitrogens is 4. The van der Waals surface area contributed by atoms with Gasteiger partial charge in [-0.05, 0) is 47.7 Å². The summed E-state index contributed by atoms with van der Waals surface area (Å²) in [6.07, 6.45) is 0. The van der Waals surface area contributed by atoms with E-state index in [0.717, 1.165) is 35.1 Å². The average molecular weight is 281 g/mol. The molecule has 1 N–H and O–H groups in total. The van der Waals surface area contributed by atoms with Gasteiger partial charge in [-0.2, -0.15) is 0 Å². The Morgan fingerprint density at radius 2 is 2.26 bits per heavy atom. The van der Waals surface area contributed by atoms with E-state index >= 15 is 0 Å². The van der Waals surface area contributed by atoms with Gasteiger partial charge >= 0.3 is 0 Å². The Morgan fingerprint density at radius 3 is 3.00 bits per heavy atom. The van der Waals surface area contributed by atoms with Crippen LogP contribution in [0.4, 0.5) is 4.39 Å². The minimum absolute atomic E-state index is 0.204. The van der Waals surface area contributed by atoms with Crippen molar-refractivity contribution in [1.82, 2.24) is 25.5 Å². The fourth-order valence-electron chi connectivity index (χ4n) is 1.62. The lowest BCUT2D eigenvalue weighted by Gasteiger charge is -2.06. The molecular weight excluding hydrogens is 265 g/mol. The molecule has 0 aliphatic rings. The zero-order valence-corrected chi connectivity index (χ0v) is 11.7. The highest BCUT2D eigenvalue weighted by molar-refractivity contribution is 7.98. The lowest BCUT2D eigenvalue weighted by molar-refractivity contribution is 0.530. The topological polar surface area (TPSA) is 55.6 Å². The number of rotatable bonds is 6. The standard InChI is InChI=1S/C12H16FN5S/c1-9-7-11(13)4-3-10(9)8-19-12-15-16-17-18(12)6-5-14-2/h3-4,7,14H,5-6,8H2,1-2H3. The number of likely N-dealkylation sites (N-methyl/N-ethyl adjacent to an activating group) is 1. The van der Waals surface area contributed by atoms with Gasteiger partial charge in [-0.1, -0.05) is 17.8 Å². The molecule has 2 rings (SSSR count). The molecule has 1 aromatic heterocycles. The third-order valence-electron chi connectivity index (χ3n) is 2.73. The van der Waals surface area contributed by atoms with Crippen LogP contribution in [0.2, 0.25) is 0 Å². The van der Waals surface area contributed by atoms with Crippen molar-refractivity contribution in [3.63, 3.8) is 0 Å². The maximum Gasteiger partial charge on any atom is 0.209 e. The first-order valence-corrected chi connectivity index (χ1v) is 6.98. The van der Waals surface area contributed by atoms with E-state index < -0.39 is 0 Å². The van der Waals surface area contributed by atoms with Gasteiger partial charge in [0.25, 0.3) is 0 Å². The van der Waals surface area contributed by atoms with Crippen LogP contribution < -0.4 is 5.32 Å². The molecule has 1 aromatic carbocycles. The van der Waals surface area contributed by atoms with Gasteiger partial charge in [-0.3, -0.25) is 0 Å². The first-order valence-electron chi connectivity index (χ1n) is 5.99. The van der Waals surface area contributed by atoms with Crippen LogP contribution in [0.15, 0.2) is 23.4 Å². The highest BCUT2D eigenvalue weighted by Crippen LogP contribution is 2.22. The number of tetrazole rings is 1. The number of halogens is 1. The molecule has 0 unspecified atom stereocenters. The molecule has 0 aliphatic heterocycles. The van der Waals surface area contributed by atoms with E-state index in [0.29, 0.717) is 0 Å². The number of hydrogen-bond acceptors (Lipinski definition) is 5. The number of nitrogens with one attached hydrogen (secondary N) is 1. The number of benzene rings is 1. The van der Waals surface area contributed by atoms with Crippen molar-refractivity contribution in [2.24, 2.45) is 0 Å². The SMILES string of the molecule is CNCCn1nnnc1SCc1ccc(F)cc1C. The second kappa shape index (κ2) is 6.63. The van der Waals surface area contributed by atoms with Crippen LogP contribution in [0.25, 0.3) is 0 Å². The summed E-state index contributed by atoms with van der Waals surface area (Å²) in [7, 11) is 1.89. The van der Waals surface area contributed by atoms with E-state index in [4.69, 9.17) is 0 Å². The van der Waals surface area contributed by atoms with Gasteiger partial charge in [-0.25, -0.2) is 9.07 Å². The number of aryl methyl sites for hydroxylation is 1. The monoisotopic (exact) mass is 281 g/mol. The maximum atomic E-state index is 13.0. The van der Waals surface area contributed by atoms with Crippen LogP contribution in [0, 0.1) is 12.7 Å². The Kier molecular flexibility index (Phi) is 4.86. The van der Waals surface area contributed by atoms with Crippen LogP contribution in [-0.2, 0) is 12.3 Å². The molecule has 102 valence electrons. The number of thioether (sulfide) groups is 1. The first kappa shape index (κ1) is 14.0. The van der Waals surface area contributed by atoms with Crippen LogP contribution in [0.5, 0.6) is 0 Å². The third kappa shape index (κ3) is 3.74. The van der Waals surface area contributed by atoms with Crippen LogP contribution in [0.1, 0.15) is 11.1 Å². The Bertz CT molecular complexity index is 543. The van der Waals surface area contributed by atoms with Gasteiger partial charge in [0.15, 0.2) is 0 Å². The highest BCUT2D eigenvalue weighted by atomic mass is 32.2. The largest absolute Gasteiger partial charge is 0.318 e. The van der Waals surface area contributed by atoms with Crippen molar-refractivity contribution < 1.29 is 4.39 Å². The maximum absolute atomic E-state index is 13.0. The van der Waals surface area contributed by atoms with Crippen molar-refractivity contribution in [2.75, 3.05) is 13.6 Å². The van der Waals surface area contributed by atoms with Gasteiger partial charge < -0.3 is 5.32 Å². The molecule has 0 fully saturated rings. The predicted molar refractivity (Wildman–Crippen MR) is 72.4 cm³/mol. The van der Waals surface area contributed by atoms with Gasteiger partial charge in [0.1, 0.15) is 5.82 Å². The Hall–Kier alpha value is -1.47. The Labute approximate surface area is 115 Å². The normalized spacial score (nSPS) is 10.9. The molecule has 1 heterocycles. The first-order chi connectivity index (χ1) is 9.20. The Morgan fingerprint density at radius 1 is 1.42 bits per heavy atom. The van der Waals surface area contributed by atoms with Crippen molar-refractivity contribution in [2.45, 2.75) is 24.4 Å². The summed E-state index contributed by atoms with van der Waals surface area (Å²) < 4.78 is 14.8. The fraction of sp³-hybridized carbons (Fsp3) is 0.417.